The van der Waals surface area contributed by atoms with E-state index in [4.69, 9.17) is 0 Å². The fourth-order valence-electron chi connectivity index (χ4n) is 3.95. The highest BCUT2D eigenvalue weighted by Gasteiger charge is 2.21. The zero-order valence-corrected chi connectivity index (χ0v) is 13.6. The van der Waals surface area contributed by atoms with E-state index in [1.54, 1.807) is 0 Å². The van der Waals surface area contributed by atoms with Gasteiger partial charge in [0.05, 0.1) is 0 Å². The standard InChI is InChI=1S/C23H16B/c1-24-16-7-4-6-15(14-16)17-12-13-22-19-9-3-2-8-18(19)21-11-5-10-20(17)23(21)22/h2-14H,1H3. The molecule has 0 fully saturated rings. The third-order valence-electron chi connectivity index (χ3n) is 5.08. The van der Waals surface area contributed by atoms with E-state index in [-0.39, 0.29) is 0 Å². The largest absolute Gasteiger partial charge is 0.148 e. The normalized spacial score (nSPS) is 11.5. The molecule has 1 aliphatic carbocycles. The van der Waals surface area contributed by atoms with E-state index >= 15 is 0 Å². The highest BCUT2D eigenvalue weighted by Crippen LogP contribution is 2.48. The van der Waals surface area contributed by atoms with Crippen LogP contribution in [0, 0.1) is 0 Å². The Morgan fingerprint density at radius 3 is 2.04 bits per heavy atom. The summed E-state index contributed by atoms with van der Waals surface area (Å²) in [5.74, 6) is 0. The summed E-state index contributed by atoms with van der Waals surface area (Å²) in [4.78, 5) is 0. The molecular formula is C23H16B. The van der Waals surface area contributed by atoms with Crippen molar-refractivity contribution in [2.45, 2.75) is 6.82 Å². The molecule has 1 radical (unpaired) electrons. The van der Waals surface area contributed by atoms with Gasteiger partial charge in [-0.1, -0.05) is 91.1 Å². The number of fused-ring (bicyclic) bond motifs is 3. The van der Waals surface area contributed by atoms with E-state index in [0.29, 0.717) is 0 Å². The van der Waals surface area contributed by atoms with Crippen LogP contribution in [-0.4, -0.2) is 7.28 Å². The second kappa shape index (κ2) is 5.11. The molecule has 1 aliphatic rings. The molecular weight excluding hydrogens is 287 g/mol. The van der Waals surface area contributed by atoms with Crippen LogP contribution in [0.4, 0.5) is 0 Å². The third kappa shape index (κ3) is 1.82. The van der Waals surface area contributed by atoms with Crippen molar-refractivity contribution in [2.24, 2.45) is 0 Å². The maximum Gasteiger partial charge on any atom is 0.148 e. The van der Waals surface area contributed by atoms with Crippen LogP contribution >= 0.6 is 0 Å². The maximum atomic E-state index is 2.29. The fraction of sp³-hybridized carbons (Fsp3) is 0.0435. The first-order chi connectivity index (χ1) is 11.9. The molecule has 0 spiro atoms. The van der Waals surface area contributed by atoms with Crippen LogP contribution in [0.5, 0.6) is 0 Å². The Hall–Kier alpha value is -2.80. The van der Waals surface area contributed by atoms with Crippen LogP contribution in [0.25, 0.3) is 44.2 Å². The van der Waals surface area contributed by atoms with Gasteiger partial charge in [0.2, 0.25) is 0 Å². The lowest BCUT2D eigenvalue weighted by Crippen LogP contribution is -2.09. The molecule has 0 nitrogen and oxygen atoms in total. The van der Waals surface area contributed by atoms with E-state index in [2.05, 4.69) is 93.0 Å². The average molecular weight is 303 g/mol. The lowest BCUT2D eigenvalue weighted by atomic mass is 9.72. The van der Waals surface area contributed by atoms with Gasteiger partial charge in [0.15, 0.2) is 0 Å². The van der Waals surface area contributed by atoms with Crippen molar-refractivity contribution in [1.29, 1.82) is 0 Å². The van der Waals surface area contributed by atoms with Gasteiger partial charge in [-0.15, -0.1) is 0 Å². The van der Waals surface area contributed by atoms with Gasteiger partial charge in [-0.05, 0) is 44.2 Å². The third-order valence-corrected chi connectivity index (χ3v) is 5.08. The number of hydrogen-bond acceptors (Lipinski definition) is 0. The minimum absolute atomic E-state index is 1.26. The molecule has 0 saturated carbocycles. The van der Waals surface area contributed by atoms with Gasteiger partial charge in [-0.25, -0.2) is 0 Å². The zero-order valence-electron chi connectivity index (χ0n) is 13.6. The summed E-state index contributed by atoms with van der Waals surface area (Å²) in [5.41, 5.74) is 9.28. The molecule has 4 aromatic rings. The second-order valence-electron chi connectivity index (χ2n) is 6.35. The number of hydrogen-bond donors (Lipinski definition) is 0. The topological polar surface area (TPSA) is 0 Å². The first-order valence-electron chi connectivity index (χ1n) is 8.42. The number of benzene rings is 4. The summed E-state index contributed by atoms with van der Waals surface area (Å²) in [5, 5.41) is 2.73. The molecule has 111 valence electrons. The van der Waals surface area contributed by atoms with Gasteiger partial charge >= 0.3 is 0 Å². The van der Waals surface area contributed by atoms with Crippen molar-refractivity contribution in [3.63, 3.8) is 0 Å². The number of rotatable bonds is 2. The van der Waals surface area contributed by atoms with Gasteiger partial charge in [0.1, 0.15) is 7.28 Å². The second-order valence-corrected chi connectivity index (χ2v) is 6.35. The zero-order chi connectivity index (χ0) is 16.1. The maximum absolute atomic E-state index is 2.29. The Bertz CT molecular complexity index is 1060. The quantitative estimate of drug-likeness (QED) is 0.376. The van der Waals surface area contributed by atoms with E-state index in [1.807, 2.05) is 0 Å². The fourth-order valence-corrected chi connectivity index (χ4v) is 3.95. The average Bonchev–Trinajstić information content (AvgIpc) is 2.98. The van der Waals surface area contributed by atoms with Crippen molar-refractivity contribution < 1.29 is 0 Å². The van der Waals surface area contributed by atoms with Gasteiger partial charge in [0, 0.05) is 0 Å². The lowest BCUT2D eigenvalue weighted by Gasteiger charge is -2.10. The van der Waals surface area contributed by atoms with Crippen LogP contribution in [0.2, 0.25) is 6.82 Å². The van der Waals surface area contributed by atoms with Crippen LogP contribution in [0.15, 0.2) is 78.9 Å². The van der Waals surface area contributed by atoms with Crippen molar-refractivity contribution >= 4 is 23.5 Å². The van der Waals surface area contributed by atoms with Crippen LogP contribution in [0.3, 0.4) is 0 Å². The van der Waals surface area contributed by atoms with E-state index in [9.17, 15) is 0 Å². The SMILES string of the molecule is C[B]c1cccc(-c2ccc3c4c(cccc24)-c2ccccc2-3)c1. The summed E-state index contributed by atoms with van der Waals surface area (Å²) in [6.45, 7) is 2.09. The highest BCUT2D eigenvalue weighted by atomic mass is 14.2. The Labute approximate surface area is 143 Å². The molecule has 24 heavy (non-hydrogen) atoms. The molecule has 0 heterocycles. The van der Waals surface area contributed by atoms with Gasteiger partial charge < -0.3 is 0 Å². The molecule has 1 heteroatoms. The van der Waals surface area contributed by atoms with Gasteiger partial charge in [0.25, 0.3) is 0 Å². The molecule has 0 N–H and O–H groups in total. The van der Waals surface area contributed by atoms with Gasteiger partial charge in [-0.2, -0.15) is 0 Å². The van der Waals surface area contributed by atoms with E-state index in [1.165, 1.54) is 49.6 Å². The Morgan fingerprint density at radius 1 is 0.583 bits per heavy atom. The first-order valence-corrected chi connectivity index (χ1v) is 8.42. The summed E-state index contributed by atoms with van der Waals surface area (Å²) in [6, 6.07) is 28.7. The summed E-state index contributed by atoms with van der Waals surface area (Å²) >= 11 is 0. The molecule has 0 bridgehead atoms. The Kier molecular flexibility index (Phi) is 2.90. The highest BCUT2D eigenvalue weighted by molar-refractivity contribution is 6.52. The van der Waals surface area contributed by atoms with E-state index in [0.717, 1.165) is 0 Å². The van der Waals surface area contributed by atoms with Crippen molar-refractivity contribution in [3.8, 4) is 33.4 Å². The Morgan fingerprint density at radius 2 is 1.25 bits per heavy atom. The smallest absolute Gasteiger partial charge is 0.0875 e. The van der Waals surface area contributed by atoms with Crippen molar-refractivity contribution in [1.82, 2.24) is 0 Å². The molecule has 0 amide bonds. The van der Waals surface area contributed by atoms with E-state index < -0.39 is 0 Å². The summed E-state index contributed by atoms with van der Waals surface area (Å²) in [7, 11) is 2.15. The van der Waals surface area contributed by atoms with Crippen LogP contribution < -0.4 is 5.46 Å². The predicted molar refractivity (Wildman–Crippen MR) is 105 cm³/mol. The summed E-state index contributed by atoms with van der Waals surface area (Å²) < 4.78 is 0. The minimum atomic E-state index is 1.26. The minimum Gasteiger partial charge on any atom is -0.0875 e. The lowest BCUT2D eigenvalue weighted by molar-refractivity contribution is 1.68. The van der Waals surface area contributed by atoms with Crippen LogP contribution in [0.1, 0.15) is 0 Å². The Balaban J connectivity index is 1.85. The van der Waals surface area contributed by atoms with Crippen molar-refractivity contribution in [3.05, 3.63) is 78.9 Å². The monoisotopic (exact) mass is 303 g/mol. The van der Waals surface area contributed by atoms with Gasteiger partial charge in [-0.3, -0.25) is 0 Å². The molecule has 4 aromatic carbocycles. The van der Waals surface area contributed by atoms with Crippen LogP contribution in [-0.2, 0) is 0 Å². The molecule has 0 unspecified atom stereocenters. The predicted octanol–water partition coefficient (Wildman–Crippen LogP) is 5.53. The van der Waals surface area contributed by atoms with Crippen molar-refractivity contribution in [2.75, 3.05) is 0 Å². The summed E-state index contributed by atoms with van der Waals surface area (Å²) in [6.07, 6.45) is 0. The molecule has 5 rings (SSSR count). The first kappa shape index (κ1) is 13.6. The molecule has 0 atom stereocenters. The molecule has 0 aliphatic heterocycles. The molecule has 0 aromatic heterocycles. The molecule has 0 saturated heterocycles.